The Balaban J connectivity index is 1.83. The van der Waals surface area contributed by atoms with Gasteiger partial charge in [-0.05, 0) is 55.8 Å². The fourth-order valence-electron chi connectivity index (χ4n) is 2.69. The summed E-state index contributed by atoms with van der Waals surface area (Å²) in [5, 5.41) is 3.78. The third-order valence-electron chi connectivity index (χ3n) is 4.45. The first kappa shape index (κ1) is 23.0. The molecule has 0 saturated carbocycles. The van der Waals surface area contributed by atoms with Crippen LogP contribution in [-0.2, 0) is 21.4 Å². The predicted octanol–water partition coefficient (Wildman–Crippen LogP) is 4.08. The topological polar surface area (TPSA) is 98.7 Å². The molecule has 0 fully saturated rings. The van der Waals surface area contributed by atoms with Gasteiger partial charge in [-0.15, -0.1) is 5.10 Å². The quantitative estimate of drug-likeness (QED) is 0.447. The van der Waals surface area contributed by atoms with E-state index in [1.54, 1.807) is 37.3 Å². The number of nitrogens with zero attached hydrogens (tertiary/aromatic N) is 3. The van der Waals surface area contributed by atoms with Crippen LogP contribution in [0.15, 0.2) is 47.4 Å². The number of esters is 1. The van der Waals surface area contributed by atoms with Crippen molar-refractivity contribution in [3.63, 3.8) is 0 Å². The van der Waals surface area contributed by atoms with Crippen molar-refractivity contribution in [3.05, 3.63) is 63.6 Å². The number of anilines is 1. The van der Waals surface area contributed by atoms with E-state index in [0.29, 0.717) is 33.6 Å². The zero-order valence-corrected chi connectivity index (χ0v) is 19.4. The van der Waals surface area contributed by atoms with E-state index >= 15 is 0 Å². The number of carbonyl (C=O) groups excluding carboxylic acids is 1. The van der Waals surface area contributed by atoms with Crippen molar-refractivity contribution in [2.45, 2.75) is 25.3 Å². The Kier molecular flexibility index (Phi) is 7.14. The lowest BCUT2D eigenvalue weighted by Crippen LogP contribution is -2.26. The average molecular weight is 482 g/mol. The molecule has 0 spiro atoms. The monoisotopic (exact) mass is 481 g/mol. The minimum absolute atomic E-state index is 0.0326. The number of hydrogen-bond donors (Lipinski definition) is 0. The molecule has 0 radical (unpaired) electrons. The van der Waals surface area contributed by atoms with Gasteiger partial charge in [0.25, 0.3) is 10.0 Å². The SMILES string of the molecule is CCOc1ccc(N(C)S(=O)(=O)c2ccc(C)c(C(=O)OCc3nnsc3Cl)c2)cc1. The van der Waals surface area contributed by atoms with Gasteiger partial charge >= 0.3 is 5.97 Å². The van der Waals surface area contributed by atoms with Gasteiger partial charge in [0, 0.05) is 18.6 Å². The molecule has 0 aliphatic carbocycles. The van der Waals surface area contributed by atoms with Gasteiger partial charge in [-0.2, -0.15) is 0 Å². The van der Waals surface area contributed by atoms with E-state index in [-0.39, 0.29) is 17.1 Å². The van der Waals surface area contributed by atoms with E-state index in [4.69, 9.17) is 21.1 Å². The van der Waals surface area contributed by atoms with Gasteiger partial charge < -0.3 is 9.47 Å². The van der Waals surface area contributed by atoms with Crippen LogP contribution >= 0.6 is 23.1 Å². The second-order valence-electron chi connectivity index (χ2n) is 6.45. The van der Waals surface area contributed by atoms with E-state index in [1.807, 2.05) is 6.92 Å². The number of carbonyl (C=O) groups is 1. The Morgan fingerprint density at radius 1 is 1.19 bits per heavy atom. The Labute approximate surface area is 189 Å². The van der Waals surface area contributed by atoms with Crippen LogP contribution in [0.4, 0.5) is 5.69 Å². The van der Waals surface area contributed by atoms with Gasteiger partial charge in [-0.3, -0.25) is 4.31 Å². The number of aryl methyl sites for hydroxylation is 1. The van der Waals surface area contributed by atoms with Crippen LogP contribution < -0.4 is 9.04 Å². The van der Waals surface area contributed by atoms with Crippen LogP contribution in [0.2, 0.25) is 4.34 Å². The van der Waals surface area contributed by atoms with Crippen molar-refractivity contribution >= 4 is 44.8 Å². The summed E-state index contributed by atoms with van der Waals surface area (Å²) in [6.07, 6.45) is 0. The molecule has 0 aliphatic heterocycles. The highest BCUT2D eigenvalue weighted by atomic mass is 35.5. The molecule has 3 rings (SSSR count). The van der Waals surface area contributed by atoms with E-state index < -0.39 is 16.0 Å². The number of sulfonamides is 1. The van der Waals surface area contributed by atoms with Gasteiger partial charge in [0.15, 0.2) is 0 Å². The summed E-state index contributed by atoms with van der Waals surface area (Å²) in [7, 11) is -2.47. The zero-order chi connectivity index (χ0) is 22.6. The first-order valence-corrected chi connectivity index (χ1v) is 11.8. The average Bonchev–Trinajstić information content (AvgIpc) is 3.17. The summed E-state index contributed by atoms with van der Waals surface area (Å²) in [5.41, 5.74) is 1.52. The maximum absolute atomic E-state index is 13.1. The molecular formula is C20H20ClN3O5S2. The molecule has 11 heteroatoms. The van der Waals surface area contributed by atoms with Crippen LogP contribution in [0.5, 0.6) is 5.75 Å². The highest BCUT2D eigenvalue weighted by Gasteiger charge is 2.24. The van der Waals surface area contributed by atoms with E-state index in [1.165, 1.54) is 19.2 Å². The maximum atomic E-state index is 13.1. The largest absolute Gasteiger partial charge is 0.494 e. The Morgan fingerprint density at radius 2 is 1.90 bits per heavy atom. The van der Waals surface area contributed by atoms with Crippen LogP contribution in [0, 0.1) is 6.92 Å². The number of benzene rings is 2. The van der Waals surface area contributed by atoms with Gasteiger partial charge in [0.05, 0.1) is 22.8 Å². The molecule has 0 N–H and O–H groups in total. The first-order chi connectivity index (χ1) is 14.7. The molecule has 0 amide bonds. The van der Waals surface area contributed by atoms with Crippen molar-refractivity contribution in [1.82, 2.24) is 9.59 Å². The van der Waals surface area contributed by atoms with Gasteiger partial charge in [-0.1, -0.05) is 22.2 Å². The van der Waals surface area contributed by atoms with Crippen molar-refractivity contribution in [2.24, 2.45) is 0 Å². The minimum Gasteiger partial charge on any atom is -0.494 e. The molecule has 8 nitrogen and oxygen atoms in total. The number of halogens is 1. The minimum atomic E-state index is -3.91. The van der Waals surface area contributed by atoms with Crippen molar-refractivity contribution in [3.8, 4) is 5.75 Å². The third kappa shape index (κ3) is 5.15. The maximum Gasteiger partial charge on any atom is 0.338 e. The summed E-state index contributed by atoms with van der Waals surface area (Å²) >= 11 is 6.90. The molecule has 0 aliphatic rings. The van der Waals surface area contributed by atoms with Gasteiger partial charge in [-0.25, -0.2) is 13.2 Å². The fraction of sp³-hybridized carbons (Fsp3) is 0.250. The summed E-state index contributed by atoms with van der Waals surface area (Å²) in [5.74, 6) is -0.0323. The van der Waals surface area contributed by atoms with E-state index in [9.17, 15) is 13.2 Å². The highest BCUT2D eigenvalue weighted by Crippen LogP contribution is 2.26. The molecule has 0 bridgehead atoms. The second kappa shape index (κ2) is 9.63. The predicted molar refractivity (Wildman–Crippen MR) is 118 cm³/mol. The zero-order valence-electron chi connectivity index (χ0n) is 17.0. The lowest BCUT2D eigenvalue weighted by Gasteiger charge is -2.20. The molecule has 0 atom stereocenters. The number of rotatable bonds is 8. The Hall–Kier alpha value is -2.69. The number of hydrogen-bond acceptors (Lipinski definition) is 8. The van der Waals surface area contributed by atoms with Crippen LogP contribution in [-0.4, -0.2) is 37.6 Å². The smallest absolute Gasteiger partial charge is 0.338 e. The summed E-state index contributed by atoms with van der Waals surface area (Å²) in [6, 6.07) is 11.0. The lowest BCUT2D eigenvalue weighted by molar-refractivity contribution is 0.0466. The normalized spacial score (nSPS) is 11.2. The molecule has 1 aromatic heterocycles. The Morgan fingerprint density at radius 3 is 2.52 bits per heavy atom. The number of aromatic nitrogens is 2. The molecule has 31 heavy (non-hydrogen) atoms. The van der Waals surface area contributed by atoms with Crippen LogP contribution in [0.1, 0.15) is 28.5 Å². The van der Waals surface area contributed by atoms with Gasteiger partial charge in [0.1, 0.15) is 22.4 Å². The van der Waals surface area contributed by atoms with Crippen LogP contribution in [0.3, 0.4) is 0 Å². The number of ether oxygens (including phenoxy) is 2. The Bertz CT molecular complexity index is 1180. The summed E-state index contributed by atoms with van der Waals surface area (Å²) in [4.78, 5) is 12.5. The summed E-state index contributed by atoms with van der Waals surface area (Å²) < 4.78 is 42.0. The second-order valence-corrected chi connectivity index (χ2v) is 9.77. The van der Waals surface area contributed by atoms with E-state index in [2.05, 4.69) is 9.59 Å². The highest BCUT2D eigenvalue weighted by molar-refractivity contribution is 7.92. The van der Waals surface area contributed by atoms with Crippen molar-refractivity contribution in [2.75, 3.05) is 18.0 Å². The van der Waals surface area contributed by atoms with Gasteiger partial charge in [0.2, 0.25) is 0 Å². The molecule has 3 aromatic rings. The van der Waals surface area contributed by atoms with E-state index in [0.717, 1.165) is 15.8 Å². The van der Waals surface area contributed by atoms with Crippen molar-refractivity contribution < 1.29 is 22.7 Å². The molecule has 0 unspecified atom stereocenters. The molecule has 0 saturated heterocycles. The van der Waals surface area contributed by atoms with Crippen LogP contribution in [0.25, 0.3) is 0 Å². The third-order valence-corrected chi connectivity index (χ3v) is 7.21. The molecule has 164 valence electrons. The molecule has 2 aromatic carbocycles. The van der Waals surface area contributed by atoms with Crippen molar-refractivity contribution in [1.29, 1.82) is 0 Å². The first-order valence-electron chi connectivity index (χ1n) is 9.20. The molecule has 1 heterocycles. The fourth-order valence-corrected chi connectivity index (χ4v) is 4.52. The lowest BCUT2D eigenvalue weighted by atomic mass is 10.1. The standard InChI is InChI=1S/C20H20ClN3O5S2/c1-4-28-15-8-6-14(7-9-15)24(3)31(26,27)16-10-5-13(2)17(11-16)20(25)29-12-18-19(21)30-23-22-18/h5-11H,4,12H2,1-3H3. The summed E-state index contributed by atoms with van der Waals surface area (Å²) in [6.45, 7) is 3.92. The molecular weight excluding hydrogens is 462 g/mol.